The minimum Gasteiger partial charge on any atom is -0.464 e. The van der Waals surface area contributed by atoms with Gasteiger partial charge in [0, 0.05) is 10.0 Å². The fourth-order valence-electron chi connectivity index (χ4n) is 4.16. The van der Waals surface area contributed by atoms with Gasteiger partial charge in [-0.15, -0.1) is 0 Å². The lowest BCUT2D eigenvalue weighted by atomic mass is 9.90. The van der Waals surface area contributed by atoms with Gasteiger partial charge in [-0.1, -0.05) is 77.8 Å². The van der Waals surface area contributed by atoms with Crippen LogP contribution < -0.4 is 0 Å². The summed E-state index contributed by atoms with van der Waals surface area (Å²) in [5.41, 5.74) is 2.24. The third-order valence-corrected chi connectivity index (χ3v) is 6.04. The number of halogens is 2. The molecule has 33 heavy (non-hydrogen) atoms. The number of carbonyl (C=O) groups is 2. The summed E-state index contributed by atoms with van der Waals surface area (Å²) in [5, 5.41) is 1.12. The van der Waals surface area contributed by atoms with Gasteiger partial charge in [0.05, 0.1) is 12.6 Å². The summed E-state index contributed by atoms with van der Waals surface area (Å²) in [6, 6.07) is 22.1. The topological polar surface area (TPSA) is 55.8 Å². The predicted octanol–water partition coefficient (Wildman–Crippen LogP) is 5.94. The van der Waals surface area contributed by atoms with Gasteiger partial charge in [0.2, 0.25) is 5.91 Å². The maximum atomic E-state index is 13.4. The molecule has 7 heteroatoms. The van der Waals surface area contributed by atoms with Crippen molar-refractivity contribution in [3.63, 3.8) is 0 Å². The van der Waals surface area contributed by atoms with E-state index in [0.29, 0.717) is 15.6 Å². The molecule has 0 saturated carbocycles. The number of nitrogens with zero attached hydrogens (tertiary/aromatic N) is 1. The molecular weight excluding hydrogens is 461 g/mol. The molecule has 1 fully saturated rings. The zero-order valence-corrected chi connectivity index (χ0v) is 19.5. The third-order valence-electron chi connectivity index (χ3n) is 5.55. The van der Waals surface area contributed by atoms with Crippen molar-refractivity contribution in [3.05, 3.63) is 106 Å². The van der Waals surface area contributed by atoms with Crippen LogP contribution in [0.15, 0.2) is 78.9 Å². The molecule has 0 aliphatic carbocycles. The van der Waals surface area contributed by atoms with Crippen molar-refractivity contribution in [1.82, 2.24) is 4.90 Å². The number of rotatable bonds is 6. The molecule has 0 spiro atoms. The van der Waals surface area contributed by atoms with Crippen LogP contribution in [-0.2, 0) is 19.1 Å². The zero-order chi connectivity index (χ0) is 23.4. The van der Waals surface area contributed by atoms with E-state index in [1.54, 1.807) is 30.0 Å². The van der Waals surface area contributed by atoms with E-state index in [1.807, 2.05) is 60.7 Å². The molecule has 0 aromatic heterocycles. The average Bonchev–Trinajstić information content (AvgIpc) is 2.82. The van der Waals surface area contributed by atoms with E-state index in [1.165, 1.54) is 0 Å². The van der Waals surface area contributed by atoms with Gasteiger partial charge < -0.3 is 14.4 Å². The fourth-order valence-corrected chi connectivity index (χ4v) is 4.48. The van der Waals surface area contributed by atoms with Crippen molar-refractivity contribution in [1.29, 1.82) is 0 Å². The van der Waals surface area contributed by atoms with Crippen molar-refractivity contribution in [2.75, 3.05) is 13.2 Å². The standard InChI is InChI=1S/C26H23Cl2NO4/c1-2-32-26(31)24(17-7-4-3-5-8-17)29-22(30)16-33-25(19-9-6-10-21(28)15-19)23(29)18-11-13-20(27)14-12-18/h3-15,23-25H,2,16H2,1H3/t23-,24-,25+/m1/s1. The quantitative estimate of drug-likeness (QED) is 0.407. The highest BCUT2D eigenvalue weighted by atomic mass is 35.5. The minimum absolute atomic E-state index is 0.177. The second-order valence-corrected chi connectivity index (χ2v) is 8.52. The Labute approximate surface area is 202 Å². The van der Waals surface area contributed by atoms with Crippen molar-refractivity contribution < 1.29 is 19.1 Å². The molecule has 0 radical (unpaired) electrons. The van der Waals surface area contributed by atoms with Crippen LogP contribution in [0.3, 0.4) is 0 Å². The van der Waals surface area contributed by atoms with Crippen molar-refractivity contribution in [2.24, 2.45) is 0 Å². The highest BCUT2D eigenvalue weighted by Crippen LogP contribution is 2.45. The molecule has 5 nitrogen and oxygen atoms in total. The van der Waals surface area contributed by atoms with Crippen molar-refractivity contribution in [3.8, 4) is 0 Å². The molecule has 0 N–H and O–H groups in total. The van der Waals surface area contributed by atoms with Crippen LogP contribution in [-0.4, -0.2) is 30.0 Å². The first-order valence-corrected chi connectivity index (χ1v) is 11.4. The van der Waals surface area contributed by atoms with Crippen LogP contribution in [0.2, 0.25) is 10.0 Å². The predicted molar refractivity (Wildman–Crippen MR) is 127 cm³/mol. The molecule has 3 aromatic carbocycles. The average molecular weight is 484 g/mol. The fraction of sp³-hybridized carbons (Fsp3) is 0.231. The van der Waals surface area contributed by atoms with Crippen LogP contribution in [0.4, 0.5) is 0 Å². The van der Waals surface area contributed by atoms with E-state index in [-0.39, 0.29) is 19.1 Å². The molecule has 1 amide bonds. The van der Waals surface area contributed by atoms with Gasteiger partial charge in [-0.3, -0.25) is 4.79 Å². The van der Waals surface area contributed by atoms with E-state index < -0.39 is 24.2 Å². The van der Waals surface area contributed by atoms with E-state index in [4.69, 9.17) is 32.7 Å². The molecule has 3 aromatic rings. The molecule has 170 valence electrons. The maximum absolute atomic E-state index is 13.4. The van der Waals surface area contributed by atoms with Gasteiger partial charge in [0.1, 0.15) is 12.7 Å². The molecule has 1 aliphatic heterocycles. The van der Waals surface area contributed by atoms with Gasteiger partial charge in [-0.25, -0.2) is 4.79 Å². The monoisotopic (exact) mass is 483 g/mol. The van der Waals surface area contributed by atoms with Crippen LogP contribution in [0.25, 0.3) is 0 Å². The lowest BCUT2D eigenvalue weighted by molar-refractivity contribution is -0.174. The lowest BCUT2D eigenvalue weighted by Crippen LogP contribution is -2.49. The largest absolute Gasteiger partial charge is 0.464 e. The molecule has 1 heterocycles. The Balaban J connectivity index is 1.88. The summed E-state index contributed by atoms with van der Waals surface area (Å²) < 4.78 is 11.5. The summed E-state index contributed by atoms with van der Waals surface area (Å²) in [5.74, 6) is -0.808. The van der Waals surface area contributed by atoms with Gasteiger partial charge in [-0.2, -0.15) is 0 Å². The third kappa shape index (κ3) is 5.06. The molecule has 1 saturated heterocycles. The Bertz CT molecular complexity index is 1120. The van der Waals surface area contributed by atoms with Crippen molar-refractivity contribution >= 4 is 35.1 Å². The highest BCUT2D eigenvalue weighted by Gasteiger charge is 2.45. The molecule has 1 aliphatic rings. The van der Waals surface area contributed by atoms with E-state index in [9.17, 15) is 9.59 Å². The van der Waals surface area contributed by atoms with Crippen LogP contribution in [0.1, 0.15) is 41.8 Å². The molecular formula is C26H23Cl2NO4. The Kier molecular flexibility index (Phi) is 7.33. The highest BCUT2D eigenvalue weighted by molar-refractivity contribution is 6.30. The summed E-state index contributed by atoms with van der Waals surface area (Å²) in [7, 11) is 0. The summed E-state index contributed by atoms with van der Waals surface area (Å²) in [6.45, 7) is 1.76. The van der Waals surface area contributed by atoms with Crippen molar-refractivity contribution in [2.45, 2.75) is 25.1 Å². The Hall–Kier alpha value is -2.86. The second-order valence-electron chi connectivity index (χ2n) is 7.65. The normalized spacial score (nSPS) is 19.2. The van der Waals surface area contributed by atoms with E-state index >= 15 is 0 Å². The Morgan fingerprint density at radius 3 is 2.39 bits per heavy atom. The first-order valence-electron chi connectivity index (χ1n) is 10.6. The number of amides is 1. The Morgan fingerprint density at radius 2 is 1.73 bits per heavy atom. The smallest absolute Gasteiger partial charge is 0.333 e. The van der Waals surface area contributed by atoms with E-state index in [2.05, 4.69) is 0 Å². The molecule has 3 atom stereocenters. The first-order chi connectivity index (χ1) is 16.0. The number of carbonyl (C=O) groups excluding carboxylic acids is 2. The van der Waals surface area contributed by atoms with E-state index in [0.717, 1.165) is 11.1 Å². The lowest BCUT2D eigenvalue weighted by Gasteiger charge is -2.44. The molecule has 0 unspecified atom stereocenters. The van der Waals surface area contributed by atoms with Crippen LogP contribution in [0, 0.1) is 0 Å². The number of morpholine rings is 1. The number of hydrogen-bond donors (Lipinski definition) is 0. The van der Waals surface area contributed by atoms with Gasteiger partial charge >= 0.3 is 5.97 Å². The summed E-state index contributed by atoms with van der Waals surface area (Å²) in [4.78, 5) is 28.1. The second kappa shape index (κ2) is 10.4. The Morgan fingerprint density at radius 1 is 1.00 bits per heavy atom. The molecule has 0 bridgehead atoms. The number of hydrogen-bond acceptors (Lipinski definition) is 4. The maximum Gasteiger partial charge on any atom is 0.333 e. The van der Waals surface area contributed by atoms with Crippen LogP contribution >= 0.6 is 23.2 Å². The minimum atomic E-state index is -0.940. The van der Waals surface area contributed by atoms with Gasteiger partial charge in [0.15, 0.2) is 6.04 Å². The summed E-state index contributed by atoms with van der Waals surface area (Å²) >= 11 is 12.4. The zero-order valence-electron chi connectivity index (χ0n) is 18.0. The number of esters is 1. The SMILES string of the molecule is CCOC(=O)[C@@H](c1ccccc1)N1C(=O)CO[C@@H](c2cccc(Cl)c2)[C@H]1c1ccc(Cl)cc1. The van der Waals surface area contributed by atoms with Gasteiger partial charge in [0.25, 0.3) is 0 Å². The summed E-state index contributed by atoms with van der Waals surface area (Å²) in [6.07, 6.45) is -0.553. The molecule has 4 rings (SSSR count). The van der Waals surface area contributed by atoms with Crippen LogP contribution in [0.5, 0.6) is 0 Å². The van der Waals surface area contributed by atoms with Gasteiger partial charge in [-0.05, 0) is 47.9 Å². The number of ether oxygens (including phenoxy) is 2. The number of benzene rings is 3. The first kappa shape index (κ1) is 23.3.